The molecule has 0 amide bonds. The first-order valence-corrected chi connectivity index (χ1v) is 12.9. The Kier molecular flexibility index (Phi) is 8.11. The Morgan fingerprint density at radius 2 is 2.00 bits per heavy atom. The number of hydrogen-bond donors (Lipinski definition) is 0. The molecule has 0 N–H and O–H groups in total. The Hall–Kier alpha value is -3.17. The van der Waals surface area contributed by atoms with E-state index in [1.807, 2.05) is 30.6 Å². The molecule has 0 saturated carbocycles. The minimum absolute atomic E-state index is 0.0757. The number of carbonyl (C=O) groups is 2. The fourth-order valence-corrected chi connectivity index (χ4v) is 5.35. The number of rotatable bonds is 9. The molecule has 2 unspecified atom stereocenters. The second-order valence-electron chi connectivity index (χ2n) is 9.23. The number of aliphatic imine (C=N–C) groups is 1. The third-order valence-electron chi connectivity index (χ3n) is 6.13. The van der Waals surface area contributed by atoms with E-state index in [2.05, 4.69) is 16.0 Å². The number of likely N-dealkylation sites (N-methyl/N-ethyl adjacent to an activating group) is 1. The van der Waals surface area contributed by atoms with Crippen molar-refractivity contribution >= 4 is 29.0 Å². The zero-order valence-electron chi connectivity index (χ0n) is 21.3. The molecular weight excluding hydrogens is 480 g/mol. The molecule has 0 bridgehead atoms. The molecule has 1 aromatic carbocycles. The summed E-state index contributed by atoms with van der Waals surface area (Å²) < 4.78 is 22.6. The van der Waals surface area contributed by atoms with Gasteiger partial charge in [0.25, 0.3) is 0 Å². The van der Waals surface area contributed by atoms with Crippen molar-refractivity contribution in [1.29, 1.82) is 0 Å². The van der Waals surface area contributed by atoms with Crippen LogP contribution in [0.25, 0.3) is 0 Å². The molecule has 8 nitrogen and oxygen atoms in total. The number of fused-ring (bicyclic) bond motifs is 1. The van der Waals surface area contributed by atoms with Gasteiger partial charge in [-0.05, 0) is 52.3 Å². The number of allylic oxidation sites excluding steroid dienone is 1. The van der Waals surface area contributed by atoms with Crippen LogP contribution in [0, 0.1) is 5.92 Å². The topological polar surface area (TPSA) is 86.7 Å². The van der Waals surface area contributed by atoms with Gasteiger partial charge in [-0.25, -0.2) is 4.79 Å². The number of nitrogens with zero attached hydrogens (tertiary/aromatic N) is 2. The largest absolute Gasteiger partial charge is 0.462 e. The number of hydrogen-bond acceptors (Lipinski definition) is 9. The standard InChI is InChI=1S/C27H32N2O6S/c1-16(2)35-27(31)23-18(4)28-17(3)22(24(23)20-9-6-10-21-25(20)34-15-33-21)26(30)32-12-11-29(5)14-19-8-7-13-36-19/h6-10,13,16,23-24H,11-12,14-15H2,1-5H3. The maximum Gasteiger partial charge on any atom is 0.336 e. The number of para-hydroxylation sites is 1. The van der Waals surface area contributed by atoms with Crippen LogP contribution in [0.2, 0.25) is 0 Å². The van der Waals surface area contributed by atoms with Crippen LogP contribution >= 0.6 is 11.3 Å². The first-order chi connectivity index (χ1) is 17.3. The van der Waals surface area contributed by atoms with Crippen LogP contribution in [-0.2, 0) is 25.6 Å². The van der Waals surface area contributed by atoms with Gasteiger partial charge >= 0.3 is 11.9 Å². The van der Waals surface area contributed by atoms with E-state index in [9.17, 15) is 9.59 Å². The Labute approximate surface area is 215 Å². The van der Waals surface area contributed by atoms with Gasteiger partial charge in [0, 0.05) is 40.9 Å². The third-order valence-corrected chi connectivity index (χ3v) is 6.99. The molecule has 2 aromatic rings. The quantitative estimate of drug-likeness (QED) is 0.456. The monoisotopic (exact) mass is 512 g/mol. The minimum Gasteiger partial charge on any atom is -0.462 e. The molecule has 3 heterocycles. The first-order valence-electron chi connectivity index (χ1n) is 12.0. The molecule has 192 valence electrons. The summed E-state index contributed by atoms with van der Waals surface area (Å²) in [5.41, 5.74) is 2.09. The fourth-order valence-electron chi connectivity index (χ4n) is 4.57. The van der Waals surface area contributed by atoms with Gasteiger partial charge in [0.2, 0.25) is 6.79 Å². The predicted octanol–water partition coefficient (Wildman–Crippen LogP) is 4.55. The highest BCUT2D eigenvalue weighted by atomic mass is 32.1. The number of thiophene rings is 1. The summed E-state index contributed by atoms with van der Waals surface area (Å²) in [6.07, 6.45) is -0.312. The normalized spacial score (nSPS) is 19.0. The van der Waals surface area contributed by atoms with Crippen LogP contribution in [0.15, 0.2) is 52.0 Å². The van der Waals surface area contributed by atoms with Gasteiger partial charge in [-0.1, -0.05) is 18.2 Å². The molecule has 1 aromatic heterocycles. The second-order valence-corrected chi connectivity index (χ2v) is 10.3. The molecule has 0 fully saturated rings. The van der Waals surface area contributed by atoms with Gasteiger partial charge in [0.15, 0.2) is 11.5 Å². The number of esters is 2. The van der Waals surface area contributed by atoms with Gasteiger partial charge in [-0.2, -0.15) is 0 Å². The molecule has 0 aliphatic carbocycles. The molecule has 9 heteroatoms. The van der Waals surface area contributed by atoms with Crippen molar-refractivity contribution < 1.29 is 28.5 Å². The van der Waals surface area contributed by atoms with E-state index in [0.717, 1.165) is 6.54 Å². The fraction of sp³-hybridized carbons (Fsp3) is 0.444. The smallest absolute Gasteiger partial charge is 0.336 e. The van der Waals surface area contributed by atoms with Crippen molar-refractivity contribution in [3.63, 3.8) is 0 Å². The Morgan fingerprint density at radius 1 is 1.19 bits per heavy atom. The van der Waals surface area contributed by atoms with Crippen molar-refractivity contribution in [2.45, 2.75) is 46.3 Å². The van der Waals surface area contributed by atoms with Crippen molar-refractivity contribution in [1.82, 2.24) is 4.90 Å². The maximum absolute atomic E-state index is 13.5. The maximum atomic E-state index is 13.5. The SMILES string of the molecule is CC1=NC(C)=C(C(=O)OCCN(C)Cc2cccs2)C(c2cccc3c2OCO3)C1C(=O)OC(C)C. The van der Waals surface area contributed by atoms with Crippen molar-refractivity contribution in [2.75, 3.05) is 27.0 Å². The summed E-state index contributed by atoms with van der Waals surface area (Å²) in [4.78, 5) is 34.7. The highest BCUT2D eigenvalue weighted by molar-refractivity contribution is 7.09. The van der Waals surface area contributed by atoms with E-state index in [0.29, 0.717) is 40.6 Å². The van der Waals surface area contributed by atoms with Gasteiger partial charge in [-0.3, -0.25) is 14.7 Å². The molecule has 2 atom stereocenters. The Morgan fingerprint density at radius 3 is 2.72 bits per heavy atom. The highest BCUT2D eigenvalue weighted by Crippen LogP contribution is 2.47. The Balaban J connectivity index is 1.61. The Bertz CT molecular complexity index is 1170. The highest BCUT2D eigenvalue weighted by Gasteiger charge is 2.44. The van der Waals surface area contributed by atoms with Crippen LogP contribution in [0.3, 0.4) is 0 Å². The van der Waals surface area contributed by atoms with Gasteiger partial charge in [-0.15, -0.1) is 11.3 Å². The summed E-state index contributed by atoms with van der Waals surface area (Å²) in [5.74, 6) is -1.33. The molecule has 0 radical (unpaired) electrons. The molecule has 4 rings (SSSR count). The average Bonchev–Trinajstić information content (AvgIpc) is 3.49. The van der Waals surface area contributed by atoms with Crippen molar-refractivity contribution in [2.24, 2.45) is 10.9 Å². The zero-order valence-corrected chi connectivity index (χ0v) is 22.1. The molecule has 2 aliphatic heterocycles. The number of benzene rings is 1. The summed E-state index contributed by atoms with van der Waals surface area (Å²) in [6.45, 7) is 8.77. The average molecular weight is 513 g/mol. The van der Waals surface area contributed by atoms with E-state index in [1.165, 1.54) is 4.88 Å². The lowest BCUT2D eigenvalue weighted by Crippen LogP contribution is -2.37. The van der Waals surface area contributed by atoms with Gasteiger partial charge in [0.05, 0.1) is 11.7 Å². The lowest BCUT2D eigenvalue weighted by Gasteiger charge is -2.32. The van der Waals surface area contributed by atoms with Crippen molar-refractivity contribution in [3.8, 4) is 11.5 Å². The van der Waals surface area contributed by atoms with E-state index < -0.39 is 23.8 Å². The molecule has 0 saturated heterocycles. The summed E-state index contributed by atoms with van der Waals surface area (Å²) >= 11 is 1.69. The van der Waals surface area contributed by atoms with Crippen LogP contribution < -0.4 is 9.47 Å². The van der Waals surface area contributed by atoms with Crippen LogP contribution in [0.4, 0.5) is 0 Å². The summed E-state index contributed by atoms with van der Waals surface area (Å²) in [7, 11) is 1.98. The first kappa shape index (κ1) is 25.9. The molecule has 36 heavy (non-hydrogen) atoms. The number of ether oxygens (including phenoxy) is 4. The van der Waals surface area contributed by atoms with Crippen LogP contribution in [0.1, 0.15) is 44.1 Å². The predicted molar refractivity (Wildman–Crippen MR) is 137 cm³/mol. The van der Waals surface area contributed by atoms with E-state index in [-0.39, 0.29) is 19.5 Å². The van der Waals surface area contributed by atoms with E-state index in [1.54, 1.807) is 45.1 Å². The number of carbonyl (C=O) groups excluding carboxylic acids is 2. The summed E-state index contributed by atoms with van der Waals surface area (Å²) in [6, 6.07) is 9.57. The van der Waals surface area contributed by atoms with Crippen LogP contribution in [0.5, 0.6) is 11.5 Å². The lowest BCUT2D eigenvalue weighted by molar-refractivity contribution is -0.150. The third kappa shape index (κ3) is 5.63. The molecule has 0 spiro atoms. The van der Waals surface area contributed by atoms with E-state index in [4.69, 9.17) is 18.9 Å². The van der Waals surface area contributed by atoms with Crippen molar-refractivity contribution in [3.05, 3.63) is 57.4 Å². The second kappa shape index (κ2) is 11.3. The summed E-state index contributed by atoms with van der Waals surface area (Å²) in [5, 5.41) is 2.04. The minimum atomic E-state index is -0.796. The lowest BCUT2D eigenvalue weighted by atomic mass is 9.75. The van der Waals surface area contributed by atoms with Gasteiger partial charge in [0.1, 0.15) is 12.5 Å². The van der Waals surface area contributed by atoms with E-state index >= 15 is 0 Å². The molecule has 2 aliphatic rings. The molecular formula is C27H32N2O6S. The van der Waals surface area contributed by atoms with Crippen LogP contribution in [-0.4, -0.2) is 55.6 Å². The zero-order chi connectivity index (χ0) is 25.8. The van der Waals surface area contributed by atoms with Gasteiger partial charge < -0.3 is 18.9 Å².